The van der Waals surface area contributed by atoms with E-state index < -0.39 is 0 Å². The van der Waals surface area contributed by atoms with Gasteiger partial charge in [0.25, 0.3) is 0 Å². The average Bonchev–Trinajstić information content (AvgIpc) is 2.65. The van der Waals surface area contributed by atoms with Crippen LogP contribution in [0.1, 0.15) is 44.6 Å². The van der Waals surface area contributed by atoms with Gasteiger partial charge in [0, 0.05) is 25.8 Å². The summed E-state index contributed by atoms with van der Waals surface area (Å²) >= 11 is 0. The molecule has 0 aromatic carbocycles. The van der Waals surface area contributed by atoms with Crippen molar-refractivity contribution >= 4 is 5.82 Å². The molecule has 0 radical (unpaired) electrons. The van der Waals surface area contributed by atoms with Gasteiger partial charge in [0.1, 0.15) is 5.82 Å². The topological polar surface area (TPSA) is 42.1 Å². The molecule has 1 aromatic rings. The lowest BCUT2D eigenvalue weighted by Gasteiger charge is -2.22. The lowest BCUT2D eigenvalue weighted by Crippen LogP contribution is -2.25. The van der Waals surface area contributed by atoms with Crippen LogP contribution in [0.3, 0.4) is 0 Å². The fourth-order valence-corrected chi connectivity index (χ4v) is 2.85. The van der Waals surface area contributed by atoms with Gasteiger partial charge in [-0.05, 0) is 42.9 Å². The minimum absolute atomic E-state index is 0.599. The first-order valence-electron chi connectivity index (χ1n) is 7.23. The Morgan fingerprint density at radius 3 is 3.06 bits per heavy atom. The zero-order chi connectivity index (χ0) is 12.8. The molecule has 0 spiro atoms. The highest BCUT2D eigenvalue weighted by Gasteiger charge is 2.17. The van der Waals surface area contributed by atoms with E-state index in [1.54, 1.807) is 0 Å². The third-order valence-corrected chi connectivity index (χ3v) is 3.91. The molecule has 0 bridgehead atoms. The number of aromatic nitrogens is 1. The van der Waals surface area contributed by atoms with Crippen molar-refractivity contribution in [1.29, 1.82) is 0 Å². The molecule has 18 heavy (non-hydrogen) atoms. The summed E-state index contributed by atoms with van der Waals surface area (Å²) in [5, 5.41) is 0. The molecule has 1 atom stereocenters. The summed E-state index contributed by atoms with van der Waals surface area (Å²) in [6, 6.07) is 4.14. The number of nitrogens with zero attached hydrogens (tertiary/aromatic N) is 2. The molecule has 2 rings (SSSR count). The molecule has 1 aromatic heterocycles. The summed E-state index contributed by atoms with van der Waals surface area (Å²) in [7, 11) is 0. The van der Waals surface area contributed by atoms with Crippen LogP contribution in [0.4, 0.5) is 5.82 Å². The summed E-state index contributed by atoms with van der Waals surface area (Å²) in [5.74, 6) is 2.02. The predicted molar refractivity (Wildman–Crippen MR) is 76.6 cm³/mol. The van der Waals surface area contributed by atoms with Crippen molar-refractivity contribution in [2.45, 2.75) is 45.6 Å². The van der Waals surface area contributed by atoms with Crippen LogP contribution in [-0.2, 0) is 6.54 Å². The monoisotopic (exact) mass is 247 g/mol. The fourth-order valence-electron chi connectivity index (χ4n) is 2.85. The Hall–Kier alpha value is -1.09. The summed E-state index contributed by atoms with van der Waals surface area (Å²) in [4.78, 5) is 6.92. The number of hydrogen-bond donors (Lipinski definition) is 1. The minimum atomic E-state index is 0.599. The number of pyridine rings is 1. The standard InChI is InChI=1S/C15H25N3/c1-2-4-13-5-3-9-18(10-7-13)15-11-14(12-16)6-8-17-15/h6,8,11,13H,2-5,7,9-10,12,16H2,1H3. The van der Waals surface area contributed by atoms with E-state index in [4.69, 9.17) is 5.73 Å². The lowest BCUT2D eigenvalue weighted by molar-refractivity contribution is 0.435. The first-order chi connectivity index (χ1) is 8.83. The van der Waals surface area contributed by atoms with Gasteiger partial charge in [-0.1, -0.05) is 19.8 Å². The normalized spacial score (nSPS) is 20.8. The van der Waals surface area contributed by atoms with Crippen LogP contribution in [0.15, 0.2) is 18.3 Å². The molecule has 2 N–H and O–H groups in total. The van der Waals surface area contributed by atoms with E-state index in [9.17, 15) is 0 Å². The van der Waals surface area contributed by atoms with Crippen molar-refractivity contribution in [3.63, 3.8) is 0 Å². The van der Waals surface area contributed by atoms with Gasteiger partial charge in [0.15, 0.2) is 0 Å². The van der Waals surface area contributed by atoms with Crippen molar-refractivity contribution < 1.29 is 0 Å². The van der Waals surface area contributed by atoms with Crippen LogP contribution in [-0.4, -0.2) is 18.1 Å². The van der Waals surface area contributed by atoms with E-state index in [0.717, 1.165) is 24.8 Å². The molecule has 3 heteroatoms. The SMILES string of the molecule is CCCC1CCCN(c2cc(CN)ccn2)CC1. The molecule has 1 aliphatic rings. The van der Waals surface area contributed by atoms with Crippen molar-refractivity contribution in [1.82, 2.24) is 4.98 Å². The van der Waals surface area contributed by atoms with Gasteiger partial charge in [-0.3, -0.25) is 0 Å². The smallest absolute Gasteiger partial charge is 0.128 e. The van der Waals surface area contributed by atoms with Gasteiger partial charge in [-0.2, -0.15) is 0 Å². The second kappa shape index (κ2) is 6.74. The van der Waals surface area contributed by atoms with E-state index in [-0.39, 0.29) is 0 Å². The second-order valence-electron chi connectivity index (χ2n) is 5.30. The van der Waals surface area contributed by atoms with Crippen LogP contribution in [0.25, 0.3) is 0 Å². The molecule has 1 unspecified atom stereocenters. The molecule has 0 aliphatic carbocycles. The largest absolute Gasteiger partial charge is 0.357 e. The Labute approximate surface area is 110 Å². The number of hydrogen-bond acceptors (Lipinski definition) is 3. The summed E-state index contributed by atoms with van der Waals surface area (Å²) in [6.45, 7) is 5.17. The third-order valence-electron chi connectivity index (χ3n) is 3.91. The predicted octanol–water partition coefficient (Wildman–Crippen LogP) is 2.95. The van der Waals surface area contributed by atoms with Crippen molar-refractivity contribution in [2.75, 3.05) is 18.0 Å². The van der Waals surface area contributed by atoms with E-state index in [2.05, 4.69) is 22.9 Å². The zero-order valence-electron chi connectivity index (χ0n) is 11.4. The van der Waals surface area contributed by atoms with Gasteiger partial charge < -0.3 is 10.6 Å². The molecule has 100 valence electrons. The zero-order valence-corrected chi connectivity index (χ0v) is 11.4. The Bertz CT molecular complexity index is 365. The third kappa shape index (κ3) is 3.45. The summed E-state index contributed by atoms with van der Waals surface area (Å²) in [5.41, 5.74) is 6.87. The van der Waals surface area contributed by atoms with Crippen molar-refractivity contribution in [3.8, 4) is 0 Å². The van der Waals surface area contributed by atoms with Gasteiger partial charge in [0.05, 0.1) is 0 Å². The number of nitrogens with two attached hydrogens (primary N) is 1. The molecular formula is C15H25N3. The maximum atomic E-state index is 5.69. The molecular weight excluding hydrogens is 222 g/mol. The fraction of sp³-hybridized carbons (Fsp3) is 0.667. The number of rotatable bonds is 4. The first-order valence-corrected chi connectivity index (χ1v) is 7.23. The van der Waals surface area contributed by atoms with E-state index >= 15 is 0 Å². The van der Waals surface area contributed by atoms with Crippen molar-refractivity contribution in [2.24, 2.45) is 11.7 Å². The summed E-state index contributed by atoms with van der Waals surface area (Å²) < 4.78 is 0. The van der Waals surface area contributed by atoms with E-state index in [0.29, 0.717) is 6.54 Å². The maximum absolute atomic E-state index is 5.69. The quantitative estimate of drug-likeness (QED) is 0.889. The van der Waals surface area contributed by atoms with E-state index in [1.165, 1.54) is 37.7 Å². The number of anilines is 1. The van der Waals surface area contributed by atoms with Crippen LogP contribution >= 0.6 is 0 Å². The molecule has 1 saturated heterocycles. The molecule has 3 nitrogen and oxygen atoms in total. The van der Waals surface area contributed by atoms with E-state index in [1.807, 2.05) is 12.3 Å². The highest BCUT2D eigenvalue weighted by atomic mass is 15.2. The Morgan fingerprint density at radius 2 is 2.28 bits per heavy atom. The Balaban J connectivity index is 2.00. The highest BCUT2D eigenvalue weighted by Crippen LogP contribution is 2.24. The lowest BCUT2D eigenvalue weighted by atomic mass is 9.96. The van der Waals surface area contributed by atoms with Crippen molar-refractivity contribution in [3.05, 3.63) is 23.9 Å². The Kier molecular flexibility index (Phi) is 5.00. The van der Waals surface area contributed by atoms with Crippen LogP contribution in [0.5, 0.6) is 0 Å². The van der Waals surface area contributed by atoms with Gasteiger partial charge in [-0.15, -0.1) is 0 Å². The second-order valence-corrected chi connectivity index (χ2v) is 5.30. The summed E-state index contributed by atoms with van der Waals surface area (Å²) in [6.07, 6.45) is 8.55. The molecule has 0 amide bonds. The highest BCUT2D eigenvalue weighted by molar-refractivity contribution is 5.41. The van der Waals surface area contributed by atoms with Gasteiger partial charge >= 0.3 is 0 Å². The average molecular weight is 247 g/mol. The van der Waals surface area contributed by atoms with Crippen LogP contribution < -0.4 is 10.6 Å². The first kappa shape index (κ1) is 13.3. The molecule has 1 aliphatic heterocycles. The van der Waals surface area contributed by atoms with Crippen LogP contribution in [0, 0.1) is 5.92 Å². The van der Waals surface area contributed by atoms with Crippen LogP contribution in [0.2, 0.25) is 0 Å². The molecule has 0 saturated carbocycles. The maximum Gasteiger partial charge on any atom is 0.128 e. The molecule has 1 fully saturated rings. The Morgan fingerprint density at radius 1 is 1.39 bits per heavy atom. The minimum Gasteiger partial charge on any atom is -0.357 e. The van der Waals surface area contributed by atoms with Gasteiger partial charge in [-0.25, -0.2) is 4.98 Å². The molecule has 2 heterocycles. The van der Waals surface area contributed by atoms with Gasteiger partial charge in [0.2, 0.25) is 0 Å².